The molecule has 0 amide bonds. The quantitative estimate of drug-likeness (QED) is 0.515. The molecule has 5 heteroatoms. The second-order valence-electron chi connectivity index (χ2n) is 2.13. The third kappa shape index (κ3) is 5.15. The van der Waals surface area contributed by atoms with Gasteiger partial charge in [-0.2, -0.15) is 0 Å². The van der Waals surface area contributed by atoms with Crippen molar-refractivity contribution in [2.75, 3.05) is 0 Å². The minimum atomic E-state index is -0.335. The molecule has 0 aromatic carbocycles. The monoisotopic (exact) mass is 418 g/mol. The summed E-state index contributed by atoms with van der Waals surface area (Å²) in [5, 5.41) is 0. The molecular formula is C11H17Br3O2. The highest BCUT2D eigenvalue weighted by molar-refractivity contribution is 9.28. The zero-order chi connectivity index (χ0) is 13.3. The third-order valence-electron chi connectivity index (χ3n) is 1.44. The number of halogens is 3. The Balaban J connectivity index is 0. The van der Waals surface area contributed by atoms with Gasteiger partial charge in [0.05, 0.1) is 0 Å². The first-order chi connectivity index (χ1) is 7.57. The first-order valence-corrected chi connectivity index (χ1v) is 7.62. The Kier molecular flexibility index (Phi) is 12.3. The van der Waals surface area contributed by atoms with Gasteiger partial charge in [-0.05, 0) is 54.2 Å². The summed E-state index contributed by atoms with van der Waals surface area (Å²) in [6, 6.07) is 0. The van der Waals surface area contributed by atoms with Crippen LogP contribution in [0.5, 0.6) is 0 Å². The fourth-order valence-corrected chi connectivity index (χ4v) is 2.07. The lowest BCUT2D eigenvalue weighted by molar-refractivity contribution is -0.132. The summed E-state index contributed by atoms with van der Waals surface area (Å²) in [5.41, 5.74) is 0.878. The molecule has 0 N–H and O–H groups in total. The van der Waals surface area contributed by atoms with Crippen molar-refractivity contribution in [1.29, 1.82) is 0 Å². The zero-order valence-corrected chi connectivity index (χ0v) is 14.9. The van der Waals surface area contributed by atoms with E-state index in [1.807, 2.05) is 34.6 Å². The van der Waals surface area contributed by atoms with E-state index >= 15 is 0 Å². The SMILES string of the molecule is CC.CC.CCC1=C(Br)C(=O)OC1=C(Br)Br. The van der Waals surface area contributed by atoms with Crippen molar-refractivity contribution in [3.63, 3.8) is 0 Å². The van der Waals surface area contributed by atoms with Crippen molar-refractivity contribution in [3.8, 4) is 0 Å². The van der Waals surface area contributed by atoms with Crippen LogP contribution in [-0.2, 0) is 9.53 Å². The Morgan fingerprint density at radius 1 is 1.19 bits per heavy atom. The summed E-state index contributed by atoms with van der Waals surface area (Å²) in [6.07, 6.45) is 0.752. The second-order valence-corrected chi connectivity index (χ2v) is 5.57. The molecule has 0 aromatic heterocycles. The summed E-state index contributed by atoms with van der Waals surface area (Å²) in [6.45, 7) is 9.96. The van der Waals surface area contributed by atoms with E-state index in [0.717, 1.165) is 12.0 Å². The zero-order valence-electron chi connectivity index (χ0n) is 10.2. The van der Waals surface area contributed by atoms with Crippen LogP contribution in [0.4, 0.5) is 0 Å². The van der Waals surface area contributed by atoms with E-state index < -0.39 is 0 Å². The number of carbonyl (C=O) groups excluding carboxylic acids is 1. The molecule has 1 aliphatic heterocycles. The maximum absolute atomic E-state index is 11.1. The Hall–Kier alpha value is 0.390. The number of cyclic esters (lactones) is 1. The highest BCUT2D eigenvalue weighted by atomic mass is 79.9. The molecule has 0 bridgehead atoms. The van der Waals surface area contributed by atoms with Crippen LogP contribution in [0, 0.1) is 0 Å². The maximum Gasteiger partial charge on any atom is 0.351 e. The van der Waals surface area contributed by atoms with Crippen molar-refractivity contribution in [2.24, 2.45) is 0 Å². The van der Waals surface area contributed by atoms with Crippen LogP contribution >= 0.6 is 47.8 Å². The molecule has 0 saturated carbocycles. The summed E-state index contributed by atoms with van der Waals surface area (Å²) in [4.78, 5) is 11.1. The van der Waals surface area contributed by atoms with Crippen molar-refractivity contribution < 1.29 is 9.53 Å². The van der Waals surface area contributed by atoms with Crippen molar-refractivity contribution in [2.45, 2.75) is 41.0 Å². The van der Waals surface area contributed by atoms with Gasteiger partial charge in [0.25, 0.3) is 0 Å². The fourth-order valence-electron chi connectivity index (χ4n) is 0.890. The minimum Gasteiger partial charge on any atom is -0.420 e. The van der Waals surface area contributed by atoms with Gasteiger partial charge in [-0.1, -0.05) is 34.6 Å². The lowest BCUT2D eigenvalue weighted by Crippen LogP contribution is -1.93. The third-order valence-corrected chi connectivity index (χ3v) is 2.96. The molecule has 2 nitrogen and oxygen atoms in total. The summed E-state index contributed by atoms with van der Waals surface area (Å²) in [7, 11) is 0. The molecule has 16 heavy (non-hydrogen) atoms. The topological polar surface area (TPSA) is 26.3 Å². The first-order valence-electron chi connectivity index (χ1n) is 5.24. The van der Waals surface area contributed by atoms with Gasteiger partial charge in [0.15, 0.2) is 5.76 Å². The Bertz CT molecular complexity index is 290. The molecule has 0 atom stereocenters. The number of hydrogen-bond acceptors (Lipinski definition) is 2. The van der Waals surface area contributed by atoms with E-state index in [0.29, 0.717) is 13.6 Å². The average Bonchev–Trinajstić information content (AvgIpc) is 2.61. The predicted octanol–water partition coefficient (Wildman–Crippen LogP) is 5.61. The molecule has 94 valence electrons. The van der Waals surface area contributed by atoms with E-state index in [2.05, 4.69) is 47.8 Å². The molecule has 0 unspecified atom stereocenters. The minimum absolute atomic E-state index is 0.335. The van der Waals surface area contributed by atoms with Crippen molar-refractivity contribution in [1.82, 2.24) is 0 Å². The molecule has 0 radical (unpaired) electrons. The Labute approximate surface area is 123 Å². The van der Waals surface area contributed by atoms with Gasteiger partial charge < -0.3 is 4.74 Å². The van der Waals surface area contributed by atoms with Crippen LogP contribution in [0.25, 0.3) is 0 Å². The Morgan fingerprint density at radius 2 is 1.62 bits per heavy atom. The van der Waals surface area contributed by atoms with Crippen LogP contribution in [0.15, 0.2) is 19.2 Å². The predicted molar refractivity (Wildman–Crippen MR) is 79.9 cm³/mol. The van der Waals surface area contributed by atoms with Gasteiger partial charge in [0, 0.05) is 5.57 Å². The maximum atomic E-state index is 11.1. The second kappa shape index (κ2) is 10.5. The van der Waals surface area contributed by atoms with Crippen LogP contribution in [0.3, 0.4) is 0 Å². The lowest BCUT2D eigenvalue weighted by Gasteiger charge is -1.99. The number of ether oxygens (including phenoxy) is 1. The summed E-state index contributed by atoms with van der Waals surface area (Å²) < 4.78 is 6.14. The first kappa shape index (κ1) is 18.7. The summed E-state index contributed by atoms with van der Waals surface area (Å²) >= 11 is 9.57. The standard InChI is InChI=1S/C7H5Br3O2.2C2H6/c1-2-3-4(8)7(11)12-5(3)6(9)10;2*1-2/h2H2,1H3;2*1-2H3. The fraction of sp³-hybridized carbons (Fsp3) is 0.545. The van der Waals surface area contributed by atoms with Gasteiger partial charge in [-0.15, -0.1) is 0 Å². The van der Waals surface area contributed by atoms with E-state index in [1.54, 1.807) is 0 Å². The van der Waals surface area contributed by atoms with E-state index in [1.165, 1.54) is 0 Å². The summed E-state index contributed by atoms with van der Waals surface area (Å²) in [5.74, 6) is 0.229. The van der Waals surface area contributed by atoms with E-state index in [-0.39, 0.29) is 5.97 Å². The average molecular weight is 421 g/mol. The van der Waals surface area contributed by atoms with Crippen molar-refractivity contribution >= 4 is 53.8 Å². The highest BCUT2D eigenvalue weighted by Crippen LogP contribution is 2.37. The number of carbonyl (C=O) groups is 1. The molecule has 0 aliphatic carbocycles. The van der Waals surface area contributed by atoms with Gasteiger partial charge in [-0.25, -0.2) is 4.79 Å². The Morgan fingerprint density at radius 3 is 1.88 bits per heavy atom. The smallest absolute Gasteiger partial charge is 0.351 e. The lowest BCUT2D eigenvalue weighted by atomic mass is 10.2. The van der Waals surface area contributed by atoms with Gasteiger partial charge in [0.1, 0.15) is 7.87 Å². The van der Waals surface area contributed by atoms with Crippen molar-refractivity contribution in [3.05, 3.63) is 19.2 Å². The van der Waals surface area contributed by atoms with E-state index in [4.69, 9.17) is 4.74 Å². The van der Waals surface area contributed by atoms with Gasteiger partial charge >= 0.3 is 5.97 Å². The highest BCUT2D eigenvalue weighted by Gasteiger charge is 2.28. The van der Waals surface area contributed by atoms with Crippen LogP contribution in [-0.4, -0.2) is 5.97 Å². The molecule has 0 saturated heterocycles. The molecule has 1 heterocycles. The molecule has 1 aliphatic rings. The molecule has 0 fully saturated rings. The van der Waals surface area contributed by atoms with Crippen LogP contribution in [0.1, 0.15) is 41.0 Å². The number of hydrogen-bond donors (Lipinski definition) is 0. The van der Waals surface area contributed by atoms with Gasteiger partial charge in [0.2, 0.25) is 0 Å². The number of allylic oxidation sites excluding steroid dienone is 1. The number of rotatable bonds is 1. The largest absolute Gasteiger partial charge is 0.420 e. The van der Waals surface area contributed by atoms with Crippen LogP contribution < -0.4 is 0 Å². The van der Waals surface area contributed by atoms with Gasteiger partial charge in [-0.3, -0.25) is 0 Å². The molecule has 0 spiro atoms. The van der Waals surface area contributed by atoms with Crippen LogP contribution in [0.2, 0.25) is 0 Å². The normalized spacial score (nSPS) is 13.5. The number of esters is 1. The molecule has 0 aromatic rings. The van der Waals surface area contributed by atoms with E-state index in [9.17, 15) is 4.79 Å². The molecular weight excluding hydrogens is 404 g/mol. The molecule has 1 rings (SSSR count).